The second-order valence-corrected chi connectivity index (χ2v) is 8.58. The van der Waals surface area contributed by atoms with Crippen LogP contribution < -0.4 is 9.04 Å². The highest BCUT2D eigenvalue weighted by atomic mass is 32.2. The summed E-state index contributed by atoms with van der Waals surface area (Å²) in [5, 5.41) is 0. The SMILES string of the molecule is COc1ccc(S(=O)(=O)N(C)c2cc(-c3c(C)ccn3C)ccc2C)cc1. The Balaban J connectivity index is 2.05. The molecule has 3 aromatic rings. The minimum absolute atomic E-state index is 0.227. The summed E-state index contributed by atoms with van der Waals surface area (Å²) in [6.07, 6.45) is 2.00. The first-order chi connectivity index (χ1) is 12.8. The molecule has 0 spiro atoms. The topological polar surface area (TPSA) is 51.5 Å². The van der Waals surface area contributed by atoms with Gasteiger partial charge in [0.1, 0.15) is 5.75 Å². The highest BCUT2D eigenvalue weighted by Gasteiger charge is 2.23. The maximum absolute atomic E-state index is 13.1. The first-order valence-corrected chi connectivity index (χ1v) is 10.1. The molecule has 3 rings (SSSR count). The van der Waals surface area contributed by atoms with E-state index in [2.05, 4.69) is 0 Å². The fraction of sp³-hybridized carbons (Fsp3) is 0.238. The van der Waals surface area contributed by atoms with Crippen LogP contribution in [0.4, 0.5) is 5.69 Å². The van der Waals surface area contributed by atoms with E-state index in [0.29, 0.717) is 11.4 Å². The van der Waals surface area contributed by atoms with Crippen molar-refractivity contribution < 1.29 is 13.2 Å². The van der Waals surface area contributed by atoms with Crippen LogP contribution >= 0.6 is 0 Å². The van der Waals surface area contributed by atoms with E-state index in [0.717, 1.165) is 22.4 Å². The van der Waals surface area contributed by atoms with Crippen molar-refractivity contribution in [1.82, 2.24) is 4.57 Å². The number of hydrogen-bond donors (Lipinski definition) is 0. The summed E-state index contributed by atoms with van der Waals surface area (Å²) >= 11 is 0. The minimum Gasteiger partial charge on any atom is -0.497 e. The van der Waals surface area contributed by atoms with Crippen LogP contribution in [-0.2, 0) is 17.1 Å². The highest BCUT2D eigenvalue weighted by molar-refractivity contribution is 7.92. The third kappa shape index (κ3) is 3.45. The van der Waals surface area contributed by atoms with E-state index < -0.39 is 10.0 Å². The molecule has 0 fully saturated rings. The molecule has 27 heavy (non-hydrogen) atoms. The number of sulfonamides is 1. The Morgan fingerprint density at radius 1 is 0.963 bits per heavy atom. The van der Waals surface area contributed by atoms with Crippen molar-refractivity contribution in [3.05, 3.63) is 65.9 Å². The summed E-state index contributed by atoms with van der Waals surface area (Å²) < 4.78 is 34.7. The standard InChI is InChI=1S/C21H24N2O3S/c1-15-6-7-17(21-16(2)12-13-22(21)3)14-20(15)23(4)27(24,25)19-10-8-18(26-5)9-11-19/h6-14H,1-5H3. The van der Waals surface area contributed by atoms with Gasteiger partial charge in [-0.15, -0.1) is 0 Å². The summed E-state index contributed by atoms with van der Waals surface area (Å²) in [5.41, 5.74) is 4.76. The maximum atomic E-state index is 13.1. The number of aryl methyl sites for hydroxylation is 3. The predicted molar refractivity (Wildman–Crippen MR) is 109 cm³/mol. The number of methoxy groups -OCH3 is 1. The monoisotopic (exact) mass is 384 g/mol. The number of benzene rings is 2. The lowest BCUT2D eigenvalue weighted by Gasteiger charge is -2.22. The molecule has 0 N–H and O–H groups in total. The van der Waals surface area contributed by atoms with Crippen LogP contribution in [0, 0.1) is 13.8 Å². The molecule has 0 bridgehead atoms. The zero-order valence-electron chi connectivity index (χ0n) is 16.2. The van der Waals surface area contributed by atoms with Gasteiger partial charge in [0, 0.05) is 25.9 Å². The van der Waals surface area contributed by atoms with Gasteiger partial charge in [0.2, 0.25) is 0 Å². The zero-order valence-corrected chi connectivity index (χ0v) is 17.0. The van der Waals surface area contributed by atoms with E-state index in [1.807, 2.05) is 55.9 Å². The molecule has 0 saturated carbocycles. The van der Waals surface area contributed by atoms with Crippen LogP contribution in [0.15, 0.2) is 59.6 Å². The second kappa shape index (κ2) is 7.12. The van der Waals surface area contributed by atoms with Gasteiger partial charge in [-0.05, 0) is 61.4 Å². The molecule has 2 aromatic carbocycles. The molecule has 0 saturated heterocycles. The Kier molecular flexibility index (Phi) is 5.02. The minimum atomic E-state index is -3.67. The molecule has 1 heterocycles. The van der Waals surface area contributed by atoms with Crippen molar-refractivity contribution in [3.63, 3.8) is 0 Å². The van der Waals surface area contributed by atoms with Gasteiger partial charge >= 0.3 is 0 Å². The van der Waals surface area contributed by atoms with E-state index in [9.17, 15) is 8.42 Å². The van der Waals surface area contributed by atoms with Gasteiger partial charge < -0.3 is 9.30 Å². The predicted octanol–water partition coefficient (Wildman–Crippen LogP) is 4.14. The largest absolute Gasteiger partial charge is 0.497 e. The summed E-state index contributed by atoms with van der Waals surface area (Å²) in [4.78, 5) is 0.227. The normalized spacial score (nSPS) is 11.4. The Hall–Kier alpha value is -2.73. The molecule has 0 unspecified atom stereocenters. The Morgan fingerprint density at radius 3 is 2.19 bits per heavy atom. The van der Waals surface area contributed by atoms with Gasteiger partial charge in [0.05, 0.1) is 23.4 Å². The number of rotatable bonds is 5. The molecule has 0 aliphatic carbocycles. The van der Waals surface area contributed by atoms with E-state index in [1.165, 1.54) is 4.31 Å². The third-order valence-electron chi connectivity index (χ3n) is 4.81. The van der Waals surface area contributed by atoms with Crippen LogP contribution in [0.25, 0.3) is 11.3 Å². The number of aromatic nitrogens is 1. The van der Waals surface area contributed by atoms with E-state index in [4.69, 9.17) is 4.74 Å². The van der Waals surface area contributed by atoms with Gasteiger partial charge in [-0.25, -0.2) is 8.42 Å². The average molecular weight is 385 g/mol. The van der Waals surface area contributed by atoms with Crippen molar-refractivity contribution in [2.75, 3.05) is 18.5 Å². The molecule has 0 aliphatic rings. The fourth-order valence-electron chi connectivity index (χ4n) is 3.22. The van der Waals surface area contributed by atoms with Crippen LogP contribution in [0.1, 0.15) is 11.1 Å². The molecule has 1 aromatic heterocycles. The highest BCUT2D eigenvalue weighted by Crippen LogP contribution is 2.32. The lowest BCUT2D eigenvalue weighted by atomic mass is 10.1. The summed E-state index contributed by atoms with van der Waals surface area (Å²) in [6.45, 7) is 3.96. The Morgan fingerprint density at radius 2 is 1.63 bits per heavy atom. The molecule has 0 radical (unpaired) electrons. The van der Waals surface area contributed by atoms with Gasteiger partial charge in [0.25, 0.3) is 10.0 Å². The van der Waals surface area contributed by atoms with Crippen LogP contribution in [0.3, 0.4) is 0 Å². The van der Waals surface area contributed by atoms with Crippen molar-refractivity contribution >= 4 is 15.7 Å². The van der Waals surface area contributed by atoms with Crippen molar-refractivity contribution in [1.29, 1.82) is 0 Å². The van der Waals surface area contributed by atoms with Crippen molar-refractivity contribution in [3.8, 4) is 17.0 Å². The number of anilines is 1. The Labute approximate surface area is 160 Å². The summed E-state index contributed by atoms with van der Waals surface area (Å²) in [7, 11) is 1.45. The molecule has 5 nitrogen and oxygen atoms in total. The van der Waals surface area contributed by atoms with Crippen molar-refractivity contribution in [2.45, 2.75) is 18.7 Å². The molecule has 0 amide bonds. The number of hydrogen-bond acceptors (Lipinski definition) is 3. The second-order valence-electron chi connectivity index (χ2n) is 6.61. The summed E-state index contributed by atoms with van der Waals surface area (Å²) in [6, 6.07) is 14.4. The van der Waals surface area contributed by atoms with E-state index in [-0.39, 0.29) is 4.90 Å². The molecule has 6 heteroatoms. The van der Waals surface area contributed by atoms with Gasteiger partial charge in [0.15, 0.2) is 0 Å². The maximum Gasteiger partial charge on any atom is 0.264 e. The molecule has 142 valence electrons. The van der Waals surface area contributed by atoms with Crippen LogP contribution in [0.2, 0.25) is 0 Å². The van der Waals surface area contributed by atoms with Crippen LogP contribution in [-0.4, -0.2) is 27.1 Å². The van der Waals surface area contributed by atoms with Gasteiger partial charge in [-0.1, -0.05) is 12.1 Å². The smallest absolute Gasteiger partial charge is 0.264 e. The molecule has 0 aliphatic heterocycles. The molecule has 0 atom stereocenters. The zero-order chi connectivity index (χ0) is 19.8. The van der Waals surface area contributed by atoms with E-state index >= 15 is 0 Å². The first-order valence-electron chi connectivity index (χ1n) is 8.61. The fourth-order valence-corrected chi connectivity index (χ4v) is 4.47. The van der Waals surface area contributed by atoms with Gasteiger partial charge in [-0.3, -0.25) is 4.31 Å². The number of ether oxygens (including phenoxy) is 1. The first kappa shape index (κ1) is 19.0. The quantitative estimate of drug-likeness (QED) is 0.664. The van der Waals surface area contributed by atoms with E-state index in [1.54, 1.807) is 38.4 Å². The lowest BCUT2D eigenvalue weighted by molar-refractivity contribution is 0.414. The molecular weight excluding hydrogens is 360 g/mol. The third-order valence-corrected chi connectivity index (χ3v) is 6.60. The van der Waals surface area contributed by atoms with Crippen molar-refractivity contribution in [2.24, 2.45) is 7.05 Å². The summed E-state index contributed by atoms with van der Waals surface area (Å²) in [5.74, 6) is 0.619. The average Bonchev–Trinajstić information content (AvgIpc) is 3.00. The molecular formula is C21H24N2O3S. The van der Waals surface area contributed by atoms with Crippen LogP contribution in [0.5, 0.6) is 5.75 Å². The Bertz CT molecular complexity index is 1050. The lowest BCUT2D eigenvalue weighted by Crippen LogP contribution is -2.27. The van der Waals surface area contributed by atoms with Gasteiger partial charge in [-0.2, -0.15) is 0 Å². The number of nitrogens with zero attached hydrogens (tertiary/aromatic N) is 2.